The third kappa shape index (κ3) is 9.30. The number of piperidine rings is 1. The van der Waals surface area contributed by atoms with Crippen LogP contribution in [0.1, 0.15) is 51.0 Å². The smallest absolute Gasteiger partial charge is 0.265 e. The monoisotopic (exact) mass is 461 g/mol. The number of nitrogens with zero attached hydrogens (tertiary/aromatic N) is 2. The van der Waals surface area contributed by atoms with E-state index in [1.54, 1.807) is 12.1 Å². The highest BCUT2D eigenvalue weighted by molar-refractivity contribution is 7.92. The quantitative estimate of drug-likeness (QED) is 0.378. The summed E-state index contributed by atoms with van der Waals surface area (Å²) in [5.41, 5.74) is 1.59. The van der Waals surface area contributed by atoms with Crippen LogP contribution in [0.2, 0.25) is 0 Å². The Hall–Kier alpha value is -1.20. The van der Waals surface area contributed by atoms with Gasteiger partial charge in [0.15, 0.2) is 0 Å². The fraction of sp³-hybridized carbons (Fsp3) is 0.700. The van der Waals surface area contributed by atoms with Gasteiger partial charge in [-0.15, -0.1) is 0 Å². The second-order valence-corrected chi connectivity index (χ2v) is 11.2. The van der Waals surface area contributed by atoms with Crippen molar-refractivity contribution in [1.82, 2.24) is 10.0 Å². The van der Waals surface area contributed by atoms with Gasteiger partial charge in [-0.25, -0.2) is 22.6 Å². The molecule has 1 aromatic carbocycles. The van der Waals surface area contributed by atoms with E-state index in [2.05, 4.69) is 21.7 Å². The minimum atomic E-state index is -3.58. The first kappa shape index (κ1) is 25.1. The Morgan fingerprint density at radius 3 is 2.23 bits per heavy atom. The van der Waals surface area contributed by atoms with Crippen LogP contribution in [0.15, 0.2) is 24.3 Å². The fourth-order valence-corrected chi connectivity index (χ4v) is 4.88. The predicted octanol–water partition coefficient (Wildman–Crippen LogP) is 2.80. The zero-order valence-corrected chi connectivity index (χ0v) is 19.8. The van der Waals surface area contributed by atoms with Gasteiger partial charge >= 0.3 is 0 Å². The van der Waals surface area contributed by atoms with E-state index in [1.807, 2.05) is 12.1 Å². The Labute approximate surface area is 181 Å². The molecule has 1 saturated heterocycles. The largest absolute Gasteiger partial charge is 0.284 e. The molecule has 2 rings (SSSR count). The van der Waals surface area contributed by atoms with Gasteiger partial charge in [0.25, 0.3) is 10.1 Å². The second-order valence-electron chi connectivity index (χ2n) is 7.90. The van der Waals surface area contributed by atoms with E-state index in [0.29, 0.717) is 12.1 Å². The maximum atomic E-state index is 11.9. The molecule has 0 bridgehead atoms. The Bertz CT molecular complexity index is 851. The first-order valence-electron chi connectivity index (χ1n) is 10.5. The van der Waals surface area contributed by atoms with Gasteiger partial charge in [-0.2, -0.15) is 8.42 Å². The molecule has 8 nitrogen and oxygen atoms in total. The molecule has 10 heteroatoms. The molecule has 1 aliphatic rings. The van der Waals surface area contributed by atoms with E-state index in [1.165, 1.54) is 6.42 Å². The Balaban J connectivity index is 2.01. The number of benzene rings is 1. The second kappa shape index (κ2) is 11.4. The highest BCUT2D eigenvalue weighted by atomic mass is 32.2. The van der Waals surface area contributed by atoms with Gasteiger partial charge in [0.2, 0.25) is 10.0 Å². The van der Waals surface area contributed by atoms with Gasteiger partial charge in [0, 0.05) is 25.3 Å². The molecule has 1 N–H and O–H groups in total. The number of nitrogens with one attached hydrogen (secondary N) is 1. The van der Waals surface area contributed by atoms with Gasteiger partial charge in [-0.1, -0.05) is 25.5 Å². The molecule has 1 aromatic rings. The van der Waals surface area contributed by atoms with Crippen LogP contribution in [-0.4, -0.2) is 65.2 Å². The summed E-state index contributed by atoms with van der Waals surface area (Å²) in [7, 11) is -6.87. The summed E-state index contributed by atoms with van der Waals surface area (Å²) in [6.07, 6.45) is 8.15. The van der Waals surface area contributed by atoms with Gasteiger partial charge in [-0.05, 0) is 56.2 Å². The zero-order chi connectivity index (χ0) is 22.2. The van der Waals surface area contributed by atoms with Crippen molar-refractivity contribution in [3.63, 3.8) is 0 Å². The zero-order valence-electron chi connectivity index (χ0n) is 18.2. The van der Waals surface area contributed by atoms with Gasteiger partial charge in [-0.3, -0.25) is 4.72 Å². The van der Waals surface area contributed by atoms with Crippen molar-refractivity contribution < 1.29 is 21.0 Å². The third-order valence-electron chi connectivity index (χ3n) is 4.94. The molecule has 0 spiro atoms. The minimum absolute atomic E-state index is 0.510. The number of hydrazine groups is 1. The highest BCUT2D eigenvalue weighted by Crippen LogP contribution is 2.21. The van der Waals surface area contributed by atoms with E-state index in [9.17, 15) is 16.8 Å². The molecule has 0 aliphatic carbocycles. The lowest BCUT2D eigenvalue weighted by atomic mass is 10.1. The SMILES string of the molecule is CCCN(C(CCCc1ccc(NS(C)(=O)=O)cc1)OS(C)(=O)=O)N1CCCCC1. The minimum Gasteiger partial charge on any atom is -0.284 e. The van der Waals surface area contributed by atoms with Crippen molar-refractivity contribution in [2.24, 2.45) is 0 Å². The average molecular weight is 462 g/mol. The van der Waals surface area contributed by atoms with Gasteiger partial charge < -0.3 is 0 Å². The number of hydrogen-bond donors (Lipinski definition) is 1. The summed E-state index contributed by atoms with van der Waals surface area (Å²) in [6, 6.07) is 7.23. The van der Waals surface area contributed by atoms with E-state index in [4.69, 9.17) is 4.18 Å². The van der Waals surface area contributed by atoms with Crippen molar-refractivity contribution >= 4 is 25.8 Å². The van der Waals surface area contributed by atoms with Crippen LogP contribution in [0.25, 0.3) is 0 Å². The van der Waals surface area contributed by atoms with Crippen LogP contribution in [0, 0.1) is 0 Å². The number of aryl methyl sites for hydroxylation is 1. The molecule has 0 saturated carbocycles. The average Bonchev–Trinajstić information content (AvgIpc) is 2.65. The molecule has 0 aromatic heterocycles. The molecule has 0 amide bonds. The van der Waals surface area contributed by atoms with Crippen LogP contribution < -0.4 is 4.72 Å². The molecule has 172 valence electrons. The topological polar surface area (TPSA) is 96.0 Å². The van der Waals surface area contributed by atoms with Crippen molar-refractivity contribution in [1.29, 1.82) is 0 Å². The molecule has 1 fully saturated rings. The van der Waals surface area contributed by atoms with E-state index in [0.717, 1.165) is 69.8 Å². The van der Waals surface area contributed by atoms with Crippen LogP contribution in [0.4, 0.5) is 5.69 Å². The molecule has 1 aliphatic heterocycles. The Kier molecular flexibility index (Phi) is 9.55. The third-order valence-corrected chi connectivity index (χ3v) is 6.12. The molecule has 1 atom stereocenters. The summed E-state index contributed by atoms with van der Waals surface area (Å²) in [4.78, 5) is 0. The molecule has 1 heterocycles. The summed E-state index contributed by atoms with van der Waals surface area (Å²) in [5.74, 6) is 0. The Morgan fingerprint density at radius 1 is 1.07 bits per heavy atom. The maximum absolute atomic E-state index is 11.9. The molecular weight excluding hydrogens is 426 g/mol. The number of rotatable bonds is 12. The van der Waals surface area contributed by atoms with Crippen molar-refractivity contribution in [2.45, 2.75) is 58.1 Å². The summed E-state index contributed by atoms with van der Waals surface area (Å²) in [5, 5.41) is 4.34. The maximum Gasteiger partial charge on any atom is 0.265 e. The summed E-state index contributed by atoms with van der Waals surface area (Å²) >= 11 is 0. The van der Waals surface area contributed by atoms with E-state index < -0.39 is 26.4 Å². The number of anilines is 1. The fourth-order valence-electron chi connectivity index (χ4n) is 3.71. The summed E-state index contributed by atoms with van der Waals surface area (Å²) < 4.78 is 54.4. The predicted molar refractivity (Wildman–Crippen MR) is 120 cm³/mol. The van der Waals surface area contributed by atoms with E-state index >= 15 is 0 Å². The van der Waals surface area contributed by atoms with E-state index in [-0.39, 0.29) is 0 Å². The lowest BCUT2D eigenvalue weighted by Gasteiger charge is -2.41. The standard InChI is InChI=1S/C20H35N3O5S2/c1-4-15-23(22-16-6-5-7-17-22)20(28-30(3,26)27)10-8-9-18-11-13-19(14-12-18)21-29(2,24)25/h11-14,20-21H,4-10,15-17H2,1-3H3. The first-order chi connectivity index (χ1) is 14.1. The van der Waals surface area contributed by atoms with Gasteiger partial charge in [0.1, 0.15) is 6.23 Å². The van der Waals surface area contributed by atoms with Gasteiger partial charge in [0.05, 0.1) is 12.5 Å². The van der Waals surface area contributed by atoms with Crippen LogP contribution >= 0.6 is 0 Å². The Morgan fingerprint density at radius 2 is 1.70 bits per heavy atom. The highest BCUT2D eigenvalue weighted by Gasteiger charge is 2.28. The molecule has 1 unspecified atom stereocenters. The van der Waals surface area contributed by atoms with Crippen molar-refractivity contribution in [3.8, 4) is 0 Å². The van der Waals surface area contributed by atoms with Crippen LogP contribution in [0.3, 0.4) is 0 Å². The normalized spacial score (nSPS) is 17.2. The molecular formula is C20H35N3O5S2. The van der Waals surface area contributed by atoms with Crippen LogP contribution in [-0.2, 0) is 30.7 Å². The molecule has 0 radical (unpaired) electrons. The number of hydrogen-bond acceptors (Lipinski definition) is 7. The number of sulfonamides is 1. The first-order valence-corrected chi connectivity index (χ1v) is 14.2. The lowest BCUT2D eigenvalue weighted by Crippen LogP contribution is -2.52. The summed E-state index contributed by atoms with van der Waals surface area (Å²) in [6.45, 7) is 4.70. The van der Waals surface area contributed by atoms with Crippen molar-refractivity contribution in [2.75, 3.05) is 36.9 Å². The van der Waals surface area contributed by atoms with Crippen molar-refractivity contribution in [3.05, 3.63) is 29.8 Å². The van der Waals surface area contributed by atoms with Crippen LogP contribution in [0.5, 0.6) is 0 Å². The lowest BCUT2D eigenvalue weighted by molar-refractivity contribution is -0.136. The molecule has 30 heavy (non-hydrogen) atoms.